The minimum Gasteiger partial charge on any atom is -0.456 e. The van der Waals surface area contributed by atoms with Gasteiger partial charge in [0.1, 0.15) is 33.5 Å². The van der Waals surface area contributed by atoms with E-state index in [1.54, 1.807) is 0 Å². The fourth-order valence-corrected chi connectivity index (χ4v) is 12.3. The molecule has 6 aromatic heterocycles. The fraction of sp³-hybridized carbons (Fsp3) is 0. The maximum Gasteiger partial charge on any atom is 0.135 e. The van der Waals surface area contributed by atoms with Crippen LogP contribution in [0.25, 0.3) is 159 Å². The van der Waals surface area contributed by atoms with E-state index in [4.69, 9.17) is 13.3 Å². The van der Waals surface area contributed by atoms with Crippen LogP contribution in [0.5, 0.6) is 0 Å². The summed E-state index contributed by atoms with van der Waals surface area (Å²) in [5, 5.41) is 13.8. The highest BCUT2D eigenvalue weighted by atomic mass is 16.3. The van der Waals surface area contributed by atoms with E-state index >= 15 is 0 Å². The van der Waals surface area contributed by atoms with Crippen molar-refractivity contribution < 1.29 is 13.3 Å². The Kier molecular flexibility index (Phi) is 7.38. The van der Waals surface area contributed by atoms with Gasteiger partial charge in [0, 0.05) is 81.7 Å². The van der Waals surface area contributed by atoms with Gasteiger partial charge in [-0.3, -0.25) is 0 Å². The van der Waals surface area contributed by atoms with E-state index in [2.05, 4.69) is 220 Å². The van der Waals surface area contributed by atoms with Gasteiger partial charge in [0.15, 0.2) is 0 Å². The maximum absolute atomic E-state index is 6.57. The minimum atomic E-state index is 0.853. The van der Waals surface area contributed by atoms with Crippen LogP contribution in [0.1, 0.15) is 0 Å². The predicted octanol–water partition coefficient (Wildman–Crippen LogP) is 18.3. The van der Waals surface area contributed by atoms with E-state index in [0.29, 0.717) is 0 Å². The van der Waals surface area contributed by atoms with Crippen LogP contribution in [0.4, 0.5) is 0 Å². The molecule has 0 saturated heterocycles. The topological polar surface area (TPSA) is 54.2 Å². The lowest BCUT2D eigenvalue weighted by Gasteiger charge is -2.11. The molecule has 0 amide bonds. The second kappa shape index (κ2) is 13.9. The van der Waals surface area contributed by atoms with Crippen molar-refractivity contribution in [3.8, 4) is 28.2 Å². The third kappa shape index (κ3) is 5.06. The summed E-state index contributed by atoms with van der Waals surface area (Å²) in [7, 11) is 0. The molecule has 0 spiro atoms. The molecule has 0 unspecified atom stereocenters. The number of para-hydroxylation sites is 5. The second-order valence-corrected chi connectivity index (χ2v) is 19.2. The summed E-state index contributed by atoms with van der Waals surface area (Å²) in [5.41, 5.74) is 17.7. The van der Waals surface area contributed by atoms with Crippen LogP contribution < -0.4 is 0 Å². The maximum atomic E-state index is 6.57. The zero-order valence-corrected chi connectivity index (χ0v) is 38.4. The molecule has 17 aromatic rings. The molecule has 0 aliphatic carbocycles. The van der Waals surface area contributed by atoms with E-state index in [1.165, 1.54) is 43.4 Å². The van der Waals surface area contributed by atoms with Gasteiger partial charge < -0.3 is 27.0 Å². The van der Waals surface area contributed by atoms with E-state index in [1.807, 2.05) is 18.2 Å². The van der Waals surface area contributed by atoms with Crippen molar-refractivity contribution in [2.45, 2.75) is 0 Å². The highest BCUT2D eigenvalue weighted by Gasteiger charge is 2.26. The highest BCUT2D eigenvalue weighted by molar-refractivity contribution is 6.32. The summed E-state index contributed by atoms with van der Waals surface area (Å²) >= 11 is 0. The zero-order valence-electron chi connectivity index (χ0n) is 38.4. The Bertz CT molecular complexity index is 5170. The van der Waals surface area contributed by atoms with Crippen molar-refractivity contribution >= 4 is 131 Å². The van der Waals surface area contributed by atoms with Gasteiger partial charge in [-0.25, -0.2) is 0 Å². The van der Waals surface area contributed by atoms with Gasteiger partial charge >= 0.3 is 0 Å². The van der Waals surface area contributed by atoms with E-state index in [-0.39, 0.29) is 0 Å². The van der Waals surface area contributed by atoms with E-state index in [9.17, 15) is 0 Å². The number of aromatic nitrogens is 3. The first-order valence-electron chi connectivity index (χ1n) is 24.5. The molecular weight excluding hydrogens is 883 g/mol. The molecule has 0 fully saturated rings. The highest BCUT2D eigenvalue weighted by Crippen LogP contribution is 2.47. The molecule has 334 valence electrons. The Labute approximate surface area is 408 Å². The molecule has 6 nitrogen and oxygen atoms in total. The number of benzene rings is 11. The Morgan fingerprint density at radius 1 is 0.222 bits per heavy atom. The van der Waals surface area contributed by atoms with Crippen LogP contribution in [-0.4, -0.2) is 13.7 Å². The summed E-state index contributed by atoms with van der Waals surface area (Å²) in [6, 6.07) is 80.8. The van der Waals surface area contributed by atoms with E-state index in [0.717, 1.165) is 116 Å². The smallest absolute Gasteiger partial charge is 0.135 e. The summed E-state index contributed by atoms with van der Waals surface area (Å²) < 4.78 is 26.6. The van der Waals surface area contributed by atoms with Crippen molar-refractivity contribution in [1.29, 1.82) is 0 Å². The molecule has 11 aromatic carbocycles. The Morgan fingerprint density at radius 3 is 1.15 bits per heavy atom. The molecule has 6 heteroatoms. The average Bonchev–Trinajstić information content (AvgIpc) is 4.29. The van der Waals surface area contributed by atoms with Gasteiger partial charge in [-0.15, -0.1) is 0 Å². The number of hydrogen-bond donors (Lipinski definition) is 0. The monoisotopic (exact) mass is 919 g/mol. The Morgan fingerprint density at radius 2 is 0.611 bits per heavy atom. The average molecular weight is 920 g/mol. The lowest BCUT2D eigenvalue weighted by Crippen LogP contribution is -1.96. The van der Waals surface area contributed by atoms with Gasteiger partial charge in [-0.2, -0.15) is 0 Å². The lowest BCUT2D eigenvalue weighted by atomic mass is 10.0. The van der Waals surface area contributed by atoms with Crippen LogP contribution >= 0.6 is 0 Å². The first-order chi connectivity index (χ1) is 35.7. The van der Waals surface area contributed by atoms with Crippen LogP contribution in [-0.2, 0) is 0 Å². The van der Waals surface area contributed by atoms with Crippen LogP contribution in [0, 0.1) is 0 Å². The summed E-state index contributed by atoms with van der Waals surface area (Å²) in [6.45, 7) is 0. The molecule has 0 bridgehead atoms. The van der Waals surface area contributed by atoms with Crippen LogP contribution in [0.15, 0.2) is 238 Å². The van der Waals surface area contributed by atoms with Crippen molar-refractivity contribution in [1.82, 2.24) is 13.7 Å². The molecule has 0 aliphatic rings. The van der Waals surface area contributed by atoms with Gasteiger partial charge in [0.05, 0.1) is 33.1 Å². The Hall–Kier alpha value is -9.78. The van der Waals surface area contributed by atoms with Crippen LogP contribution in [0.2, 0.25) is 0 Å². The third-order valence-corrected chi connectivity index (χ3v) is 15.4. The summed E-state index contributed by atoms with van der Waals surface area (Å²) in [5.74, 6) is 0. The third-order valence-electron chi connectivity index (χ3n) is 15.4. The predicted molar refractivity (Wildman–Crippen MR) is 297 cm³/mol. The number of rotatable bonds is 4. The molecule has 6 heterocycles. The Balaban J connectivity index is 0.954. The minimum absolute atomic E-state index is 0.853. The molecule has 0 N–H and O–H groups in total. The molecule has 0 radical (unpaired) electrons. The number of nitrogens with zero attached hydrogens (tertiary/aromatic N) is 3. The van der Waals surface area contributed by atoms with Crippen molar-refractivity contribution in [3.63, 3.8) is 0 Å². The van der Waals surface area contributed by atoms with Gasteiger partial charge in [0.25, 0.3) is 0 Å². The zero-order chi connectivity index (χ0) is 46.8. The van der Waals surface area contributed by atoms with Crippen LogP contribution in [0.3, 0.4) is 0 Å². The summed E-state index contributed by atoms with van der Waals surface area (Å²) in [6.07, 6.45) is 0. The van der Waals surface area contributed by atoms with E-state index < -0.39 is 0 Å². The quantitative estimate of drug-likeness (QED) is 0.177. The number of hydrogen-bond acceptors (Lipinski definition) is 3. The molecule has 72 heavy (non-hydrogen) atoms. The fourth-order valence-electron chi connectivity index (χ4n) is 12.3. The SMILES string of the molecule is c1ccc(-n2c3ccccc3c3c2ccc2c4ccc5c(c6ccccc6n5-c5ccc6oc7ccc(-c8ccc9oc%10ccccc%10c9c8)cc7c6c5)c4n(-c4ccc5oc6ccccc6c5c4)c23)cc1. The standard InChI is InChI=1S/C66H37N3O3/c1-2-12-40(13-3-1)67-53-18-8-4-16-47(53)63-55(67)28-26-45-46-27-29-56-64(66(46)69(65(45)63)42-25-33-61-51(37-42)44-15-7-11-21-58(44)71-61)48-17-5-9-19-54(48)68(56)41-24-32-62-52(36-41)50-35-39(23-31-60(50)72-62)38-22-30-59-49(34-38)43-14-6-10-20-57(43)70-59/h1-37H. The van der Waals surface area contributed by atoms with Gasteiger partial charge in [-0.05, 0) is 120 Å². The van der Waals surface area contributed by atoms with Crippen molar-refractivity contribution in [2.75, 3.05) is 0 Å². The molecule has 0 atom stereocenters. The largest absolute Gasteiger partial charge is 0.456 e. The first-order valence-corrected chi connectivity index (χ1v) is 24.5. The molecule has 17 rings (SSSR count). The lowest BCUT2D eigenvalue weighted by molar-refractivity contribution is 0.668. The van der Waals surface area contributed by atoms with Crippen molar-refractivity contribution in [2.24, 2.45) is 0 Å². The number of furan rings is 3. The molecular formula is C66H37N3O3. The van der Waals surface area contributed by atoms with Gasteiger partial charge in [-0.1, -0.05) is 115 Å². The summed E-state index contributed by atoms with van der Waals surface area (Å²) in [4.78, 5) is 0. The number of fused-ring (bicyclic) bond motifs is 20. The molecule has 0 saturated carbocycles. The first kappa shape index (κ1) is 38.1. The van der Waals surface area contributed by atoms with Gasteiger partial charge in [0.2, 0.25) is 0 Å². The molecule has 0 aliphatic heterocycles. The second-order valence-electron chi connectivity index (χ2n) is 19.2. The van der Waals surface area contributed by atoms with Crippen molar-refractivity contribution in [3.05, 3.63) is 224 Å². The normalized spacial score (nSPS) is 12.4.